The second kappa shape index (κ2) is 14.3. The van der Waals surface area contributed by atoms with E-state index in [1.807, 2.05) is 13.8 Å². The largest absolute Gasteiger partial charge is 0.507 e. The van der Waals surface area contributed by atoms with Crippen molar-refractivity contribution < 1.29 is 24.1 Å². The van der Waals surface area contributed by atoms with Crippen molar-refractivity contribution in [2.24, 2.45) is 0 Å². The summed E-state index contributed by atoms with van der Waals surface area (Å²) < 4.78 is 25.0. The molecule has 3 nitrogen and oxygen atoms in total. The Bertz CT molecular complexity index is 860. The van der Waals surface area contributed by atoms with Gasteiger partial charge in [0.15, 0.2) is 0 Å². The molecule has 0 heterocycles. The Hall–Kier alpha value is -2.14. The van der Waals surface area contributed by atoms with Crippen molar-refractivity contribution in [2.45, 2.75) is 98.5 Å². The first-order valence-electron chi connectivity index (χ1n) is 12.3. The summed E-state index contributed by atoms with van der Waals surface area (Å²) in [6.07, 6.45) is 11.7. The molecular weight excluding hydrogens is 434 g/mol. The van der Waals surface area contributed by atoms with Gasteiger partial charge < -0.3 is 15.3 Å². The van der Waals surface area contributed by atoms with Crippen LogP contribution in [0.3, 0.4) is 0 Å². The number of hydrogen-bond acceptors (Lipinski definition) is 3. The summed E-state index contributed by atoms with van der Waals surface area (Å²) in [5.41, 5.74) is 4.60. The van der Waals surface area contributed by atoms with Gasteiger partial charge in [-0.25, -0.2) is 8.78 Å². The number of hydrogen-bond donors (Lipinski definition) is 3. The number of halogens is 2. The van der Waals surface area contributed by atoms with Gasteiger partial charge in [-0.05, 0) is 115 Å². The summed E-state index contributed by atoms with van der Waals surface area (Å²) in [4.78, 5) is 0. The highest BCUT2D eigenvalue weighted by Gasteiger charge is 2.23. The molecule has 1 rings (SSSR count). The van der Waals surface area contributed by atoms with E-state index in [0.29, 0.717) is 47.9 Å². The molecule has 0 fully saturated rings. The highest BCUT2D eigenvalue weighted by atomic mass is 19.1. The second-order valence-electron chi connectivity index (χ2n) is 9.89. The fourth-order valence-corrected chi connectivity index (χ4v) is 4.04. The number of alkyl halides is 2. The molecule has 192 valence electrons. The molecule has 0 aliphatic rings. The van der Waals surface area contributed by atoms with Crippen LogP contribution in [0.1, 0.15) is 88.0 Å². The number of allylic oxidation sites excluding steroid dienone is 6. The molecule has 0 amide bonds. The zero-order valence-corrected chi connectivity index (χ0v) is 21.9. The molecule has 0 bridgehead atoms. The van der Waals surface area contributed by atoms with Gasteiger partial charge in [-0.2, -0.15) is 0 Å². The lowest BCUT2D eigenvalue weighted by Gasteiger charge is -2.24. The zero-order valence-electron chi connectivity index (χ0n) is 21.9. The number of rotatable bonds is 14. The molecule has 0 aliphatic carbocycles. The van der Waals surface area contributed by atoms with Gasteiger partial charge in [0.05, 0.1) is 5.60 Å². The first-order valence-corrected chi connectivity index (χ1v) is 12.3. The molecule has 1 atom stereocenters. The Kier molecular flexibility index (Phi) is 12.6. The van der Waals surface area contributed by atoms with Gasteiger partial charge in [0.25, 0.3) is 0 Å². The summed E-state index contributed by atoms with van der Waals surface area (Å²) in [6.45, 7) is 9.91. The topological polar surface area (TPSA) is 60.7 Å². The maximum absolute atomic E-state index is 12.5. The Balaban J connectivity index is 2.51. The van der Waals surface area contributed by atoms with Crippen molar-refractivity contribution in [2.75, 3.05) is 13.3 Å². The first kappa shape index (κ1) is 29.9. The first-order chi connectivity index (χ1) is 15.9. The molecule has 0 radical (unpaired) electrons. The Morgan fingerprint density at radius 2 is 1.26 bits per heavy atom. The summed E-state index contributed by atoms with van der Waals surface area (Å²) in [5.74, 6) is 0.428. The number of aliphatic hydroxyl groups is 1. The predicted octanol–water partition coefficient (Wildman–Crippen LogP) is 7.81. The quantitative estimate of drug-likeness (QED) is 0.189. The third-order valence-electron chi connectivity index (χ3n) is 6.80. The van der Waals surface area contributed by atoms with E-state index in [1.54, 1.807) is 26.8 Å². The van der Waals surface area contributed by atoms with Crippen molar-refractivity contribution >= 4 is 0 Å². The number of phenolic OH excluding ortho intramolecular Hbond substituents is 2. The Labute approximate surface area is 204 Å². The Morgan fingerprint density at radius 3 is 1.82 bits per heavy atom. The molecule has 5 heteroatoms. The van der Waals surface area contributed by atoms with Crippen molar-refractivity contribution in [1.29, 1.82) is 0 Å². The minimum atomic E-state index is -0.869. The molecule has 1 aromatic carbocycles. The van der Waals surface area contributed by atoms with E-state index in [-0.39, 0.29) is 17.1 Å². The number of phenols is 2. The third kappa shape index (κ3) is 9.61. The van der Waals surface area contributed by atoms with E-state index in [9.17, 15) is 24.1 Å². The van der Waals surface area contributed by atoms with Crippen LogP contribution in [0.5, 0.6) is 11.5 Å². The highest BCUT2D eigenvalue weighted by Crippen LogP contribution is 2.37. The van der Waals surface area contributed by atoms with Crippen LogP contribution in [0.4, 0.5) is 8.78 Å². The van der Waals surface area contributed by atoms with Gasteiger partial charge in [-0.3, -0.25) is 0 Å². The maximum atomic E-state index is 12.5. The minimum Gasteiger partial charge on any atom is -0.507 e. The molecule has 0 unspecified atom stereocenters. The van der Waals surface area contributed by atoms with E-state index < -0.39 is 19.0 Å². The van der Waals surface area contributed by atoms with Crippen LogP contribution in [0, 0.1) is 20.8 Å². The van der Waals surface area contributed by atoms with Crippen LogP contribution < -0.4 is 0 Å². The Morgan fingerprint density at radius 1 is 0.765 bits per heavy atom. The monoisotopic (exact) mass is 478 g/mol. The molecule has 3 N–H and O–H groups in total. The average molecular weight is 479 g/mol. The molecular formula is C29H44F2O3. The third-order valence-corrected chi connectivity index (χ3v) is 6.80. The standard InChI is InChI=1S/C29H44F2O3/c1-20(12-8-14-25(18-30)19-31)10-7-11-21(2)13-9-16-29(6,34)17-15-26-24(5)27(32)22(3)23(4)28(26)33/h10,13-14,32-34H,7-9,11-12,15-19H2,1-6H3/b20-10+,21-13+/t29-/m1/s1. The normalized spacial score (nSPS) is 14.3. The fourth-order valence-electron chi connectivity index (χ4n) is 4.04. The molecule has 0 aliphatic heterocycles. The highest BCUT2D eigenvalue weighted by molar-refractivity contribution is 5.56. The van der Waals surface area contributed by atoms with Gasteiger partial charge in [0.1, 0.15) is 24.8 Å². The summed E-state index contributed by atoms with van der Waals surface area (Å²) >= 11 is 0. The van der Waals surface area contributed by atoms with Crippen LogP contribution in [0.25, 0.3) is 0 Å². The van der Waals surface area contributed by atoms with E-state index in [4.69, 9.17) is 0 Å². The molecule has 0 saturated carbocycles. The summed E-state index contributed by atoms with van der Waals surface area (Å²) in [6, 6.07) is 0. The lowest BCUT2D eigenvalue weighted by Crippen LogP contribution is -2.24. The maximum Gasteiger partial charge on any atom is 0.122 e. The lowest BCUT2D eigenvalue weighted by molar-refractivity contribution is 0.0431. The van der Waals surface area contributed by atoms with Crippen molar-refractivity contribution in [3.63, 3.8) is 0 Å². The van der Waals surface area contributed by atoms with Crippen molar-refractivity contribution in [3.05, 3.63) is 57.2 Å². The van der Waals surface area contributed by atoms with Crippen LogP contribution in [0.15, 0.2) is 34.9 Å². The predicted molar refractivity (Wildman–Crippen MR) is 138 cm³/mol. The molecule has 0 aromatic heterocycles. The minimum absolute atomic E-state index is 0.212. The van der Waals surface area contributed by atoms with Crippen LogP contribution in [-0.4, -0.2) is 34.3 Å². The lowest BCUT2D eigenvalue weighted by atomic mass is 9.88. The van der Waals surface area contributed by atoms with E-state index in [1.165, 1.54) is 11.1 Å². The average Bonchev–Trinajstić information content (AvgIpc) is 2.79. The molecule has 0 spiro atoms. The SMILES string of the molecule is C/C(=C\CC/C(C)=C/CC[C@@](C)(O)CCc1c(C)c(O)c(C)c(C)c1O)CCC=C(CF)CF. The van der Waals surface area contributed by atoms with Crippen LogP contribution >= 0.6 is 0 Å². The number of benzene rings is 1. The summed E-state index contributed by atoms with van der Waals surface area (Å²) in [7, 11) is 0. The zero-order chi connectivity index (χ0) is 25.9. The van der Waals surface area contributed by atoms with Crippen molar-refractivity contribution in [1.82, 2.24) is 0 Å². The number of aromatic hydroxyl groups is 2. The van der Waals surface area contributed by atoms with Gasteiger partial charge in [0.2, 0.25) is 0 Å². The fraction of sp³-hybridized carbons (Fsp3) is 0.586. The van der Waals surface area contributed by atoms with Gasteiger partial charge in [0, 0.05) is 5.56 Å². The summed E-state index contributed by atoms with van der Waals surface area (Å²) in [5, 5.41) is 31.6. The van der Waals surface area contributed by atoms with Gasteiger partial charge in [-0.15, -0.1) is 0 Å². The molecule has 34 heavy (non-hydrogen) atoms. The van der Waals surface area contributed by atoms with Crippen LogP contribution in [0.2, 0.25) is 0 Å². The molecule has 1 aromatic rings. The smallest absolute Gasteiger partial charge is 0.122 e. The van der Waals surface area contributed by atoms with E-state index >= 15 is 0 Å². The van der Waals surface area contributed by atoms with Gasteiger partial charge >= 0.3 is 0 Å². The van der Waals surface area contributed by atoms with E-state index in [0.717, 1.165) is 25.7 Å². The van der Waals surface area contributed by atoms with Crippen LogP contribution in [-0.2, 0) is 6.42 Å². The van der Waals surface area contributed by atoms with Crippen molar-refractivity contribution in [3.8, 4) is 11.5 Å². The second-order valence-corrected chi connectivity index (χ2v) is 9.89. The van der Waals surface area contributed by atoms with Gasteiger partial charge in [-0.1, -0.05) is 29.4 Å². The van der Waals surface area contributed by atoms with E-state index in [2.05, 4.69) is 19.1 Å². The molecule has 0 saturated heterocycles.